The van der Waals surface area contributed by atoms with E-state index < -0.39 is 243 Å². The van der Waals surface area contributed by atoms with Gasteiger partial charge in [-0.2, -0.15) is 15.0 Å². The molecule has 75 heteroatoms. The Hall–Kier alpha value is -7.89. The second kappa shape index (κ2) is 34.7. The van der Waals surface area contributed by atoms with Crippen molar-refractivity contribution in [3.05, 3.63) is 88.0 Å². The van der Waals surface area contributed by atoms with Crippen LogP contribution >= 0.6 is 40.3 Å². The fraction of sp³-hybridized carbons (Fsp3) is 0.524. The quantitative estimate of drug-likeness (QED) is 0.0788. The lowest BCUT2D eigenvalue weighted by Crippen LogP contribution is -2.45. The highest BCUT2D eigenvalue weighted by Gasteiger charge is 2.70. The Bertz CT molecular complexity index is 6780. The van der Waals surface area contributed by atoms with Crippen molar-refractivity contribution in [2.75, 3.05) is 93.9 Å². The second-order valence-electron chi connectivity index (χ2n) is 32.5. The van der Waals surface area contributed by atoms with Crippen LogP contribution in [0.15, 0.2) is 71.3 Å². The van der Waals surface area contributed by atoms with Crippen LogP contribution in [0.1, 0.15) is 37.4 Å². The summed E-state index contributed by atoms with van der Waals surface area (Å²) >= 11 is 31.8. The number of hydrogen-bond acceptors (Lipinski definition) is 51. The van der Waals surface area contributed by atoms with E-state index in [1.807, 2.05) is 0 Å². The molecule has 12 fully saturated rings. The number of ether oxygens (including phenoxy) is 9. The third kappa shape index (κ3) is 16.7. The van der Waals surface area contributed by atoms with Crippen LogP contribution in [-0.2, 0) is 168 Å². The maximum absolute atomic E-state index is 16.0. The van der Waals surface area contributed by atoms with Gasteiger partial charge in [-0.15, -0.1) is 0 Å². The number of nitrogens with zero attached hydrogens (tertiary/aromatic N) is 21. The first-order valence-electron chi connectivity index (χ1n) is 40.2. The zero-order valence-corrected chi connectivity index (χ0v) is 79.1. The van der Waals surface area contributed by atoms with E-state index in [4.69, 9.17) is 202 Å². The summed E-state index contributed by atoms with van der Waals surface area (Å²) in [4.78, 5) is 173. The molecule has 0 aromatic carbocycles. The average molecular weight is 2160 g/mol. The summed E-state index contributed by atoms with van der Waals surface area (Å²) in [6.45, 7) is -29.1. The molecule has 12 aliphatic heterocycles. The monoisotopic (exact) mass is 2160 g/mol. The molecule has 738 valence electrons. The molecule has 60 nitrogen and oxygen atoms in total. The van der Waals surface area contributed by atoms with E-state index in [0.717, 1.165) is 19.0 Å². The molecule has 138 heavy (non-hydrogen) atoms. The van der Waals surface area contributed by atoms with Crippen LogP contribution in [0, 0.1) is 0 Å². The number of nitrogens with two attached hydrogens (primary N) is 6. The number of fused-ring (bicyclic) bond motifs is 12. The first kappa shape index (κ1) is 95.0. The molecule has 24 rings (SSSR count). The molecule has 6 unspecified atom stereocenters. The minimum absolute atomic E-state index is 0.0576. The molecule has 0 amide bonds. The van der Waals surface area contributed by atoms with Crippen molar-refractivity contribution >= 4 is 213 Å². The third-order valence-corrected chi connectivity index (χ3v) is 33.2. The van der Waals surface area contributed by atoms with Gasteiger partial charge in [0.15, 0.2) is 124 Å². The molecule has 0 radical (unpaired) electrons. The second-order valence-corrected chi connectivity index (χ2v) is 49.2. The maximum atomic E-state index is 16.0. The van der Waals surface area contributed by atoms with Gasteiger partial charge >= 0.3 is 40.3 Å². The van der Waals surface area contributed by atoms with Gasteiger partial charge in [0.25, 0.3) is 16.7 Å². The standard InChI is InChI=1S/3C21H23FN10O10P2S2/c3*22-8-7-1-37-43(34,45)42-13-12-19(31-5-27-9-14(23)25-4-26-15(9)31)40-21(13,2-36-12)3-38-44(35,46)41-11(8)18(39-7)32-6-28-10-16(32)29-20(24)30-17(10)33/h3*4-8,11-13,18-19H,1-3H2,(H,34,45)(H,35,46)(H2,23,25,26)(H3,24,29,30,33)/t3*7-,8+,11-,12-,13+,18-,19-,21-,43?,44?/m111/s1. The molecule has 12 aromatic rings. The summed E-state index contributed by atoms with van der Waals surface area (Å²) in [6, 6.07) is 0. The number of aromatic nitrogens is 24. The van der Waals surface area contributed by atoms with E-state index in [1.165, 1.54) is 51.7 Å². The number of rotatable bonds is 6. The molecule has 0 saturated carbocycles. The van der Waals surface area contributed by atoms with Gasteiger partial charge in [-0.25, -0.2) is 73.0 Å². The van der Waals surface area contributed by atoms with Gasteiger partial charge in [-0.05, 0) is 70.8 Å². The van der Waals surface area contributed by atoms with Crippen molar-refractivity contribution in [1.29, 1.82) is 0 Å². The minimum atomic E-state index is -4.30. The Labute approximate surface area is 793 Å². The lowest BCUT2D eigenvalue weighted by molar-refractivity contribution is -0.183. The topological polar surface area (TPSA) is 793 Å². The predicted octanol–water partition coefficient (Wildman–Crippen LogP) is -2.17. The number of hydrogen-bond donors (Lipinski definition) is 15. The summed E-state index contributed by atoms with van der Waals surface area (Å²) in [7, 11) is 0. The fourth-order valence-electron chi connectivity index (χ4n) is 17.8. The minimum Gasteiger partial charge on any atom is -0.382 e. The zero-order chi connectivity index (χ0) is 96.5. The number of H-pyrrole nitrogens is 3. The first-order valence-corrected chi connectivity index (χ1v) is 55.8. The van der Waals surface area contributed by atoms with Gasteiger partial charge in [0.1, 0.15) is 126 Å². The van der Waals surface area contributed by atoms with Crippen LogP contribution < -0.4 is 51.1 Å². The van der Waals surface area contributed by atoms with Crippen LogP contribution in [-0.4, -0.2) is 315 Å². The number of anilines is 6. The Kier molecular flexibility index (Phi) is 23.9. The molecule has 24 heterocycles. The van der Waals surface area contributed by atoms with Crippen molar-refractivity contribution in [1.82, 2.24) is 117 Å². The van der Waals surface area contributed by atoms with Crippen LogP contribution in [0.5, 0.6) is 0 Å². The highest BCUT2D eigenvalue weighted by molar-refractivity contribution is 8.08. The van der Waals surface area contributed by atoms with E-state index in [-0.39, 0.29) is 88.6 Å². The van der Waals surface area contributed by atoms with Crippen molar-refractivity contribution in [2.45, 2.75) is 146 Å². The van der Waals surface area contributed by atoms with Crippen molar-refractivity contribution < 1.29 is 139 Å². The van der Waals surface area contributed by atoms with Gasteiger partial charge in [-0.1, -0.05) is 0 Å². The Morgan fingerprint density at radius 2 is 0.572 bits per heavy atom. The molecule has 12 saturated heterocycles. The largest absolute Gasteiger partial charge is 0.382 e. The van der Waals surface area contributed by atoms with E-state index in [0.29, 0.717) is 33.5 Å². The molecular weight excluding hydrogens is 2090 g/mol. The summed E-state index contributed by atoms with van der Waals surface area (Å²) in [6.07, 6.45) is -16.9. The van der Waals surface area contributed by atoms with Gasteiger partial charge in [-0.3, -0.25) is 83.9 Å². The van der Waals surface area contributed by atoms with Gasteiger partial charge in [0.05, 0.1) is 97.4 Å². The number of alkyl halides is 3. The van der Waals surface area contributed by atoms with Gasteiger partial charge in [0.2, 0.25) is 17.8 Å². The number of aromatic amines is 3. The summed E-state index contributed by atoms with van der Waals surface area (Å²) < 4.78 is 180. The highest BCUT2D eigenvalue weighted by Crippen LogP contribution is 2.64. The lowest BCUT2D eigenvalue weighted by atomic mass is 10.0. The molecule has 12 aromatic heterocycles. The van der Waals surface area contributed by atoms with Crippen LogP contribution in [0.3, 0.4) is 0 Å². The number of imidazole rings is 6. The van der Waals surface area contributed by atoms with Crippen LogP contribution in [0.2, 0.25) is 0 Å². The lowest BCUT2D eigenvalue weighted by Gasteiger charge is -2.33. The third-order valence-electron chi connectivity index (χ3n) is 24.0. The predicted molar refractivity (Wildman–Crippen MR) is 475 cm³/mol. The van der Waals surface area contributed by atoms with Crippen LogP contribution in [0.25, 0.3) is 67.0 Å². The van der Waals surface area contributed by atoms with E-state index in [1.54, 1.807) is 13.7 Å². The molecule has 21 N–H and O–H groups in total. The van der Waals surface area contributed by atoms with Gasteiger partial charge < -0.3 is 134 Å². The summed E-state index contributed by atoms with van der Waals surface area (Å²) in [5, 5.41) is 0. The SMILES string of the molecule is Nc1nc2c(ncn2[C@@H]2O[C@@H]3COP(O)(=S)O[C@H]4[C@H]5OC[C@]4(COP(O)(=S)O[C@@H]2[C@H]3F)O[C@H]5n2cnc3c(N)ncnc32)c(=O)[nH]1.Nc1nc2c(ncn2[C@@H]2O[C@@H]3COP(O)(=S)O[C@H]4[C@H]5OC[C@]4(COP(O)(=S)O[C@@H]2[C@H]3F)O[C@H]5n2cnc3c(N)ncnc32)c(=O)[nH]1.Nc1nc2c(ncn2[C@@H]2O[C@@H]3COP(O)(=S)O[C@H]4[C@H]5OC[C@]4(COP(O)(=S)O[C@@H]2[C@H]3F)O[C@H]5n2cnc3c(N)ncnc32)c(=O)[nH]1. The maximum Gasteiger partial charge on any atom is 0.325 e. The normalized spacial score (nSPS) is 39.7. The number of nitrogen functional groups attached to an aromatic ring is 6. The van der Waals surface area contributed by atoms with Gasteiger partial charge in [0, 0.05) is 0 Å². The molecule has 30 atom stereocenters. The van der Waals surface area contributed by atoms with Crippen molar-refractivity contribution in [2.24, 2.45) is 0 Å². The fourth-order valence-corrected chi connectivity index (χ4v) is 26.5. The molecular formula is C63H69F3N30O30P6S6. The molecule has 0 aliphatic carbocycles. The van der Waals surface area contributed by atoms with E-state index >= 15 is 13.2 Å². The van der Waals surface area contributed by atoms with Crippen molar-refractivity contribution in [3.63, 3.8) is 0 Å². The summed E-state index contributed by atoms with van der Waals surface area (Å²) in [5.41, 5.74) is 29.9. The summed E-state index contributed by atoms with van der Waals surface area (Å²) in [5.74, 6) is -0.280. The van der Waals surface area contributed by atoms with Crippen molar-refractivity contribution in [3.8, 4) is 0 Å². The molecule has 0 spiro atoms. The number of nitrogens with one attached hydrogen (secondary N) is 3. The van der Waals surface area contributed by atoms with E-state index in [2.05, 4.69) is 89.7 Å². The van der Waals surface area contributed by atoms with E-state index in [9.17, 15) is 43.7 Å². The Balaban J connectivity index is 0.000000119. The smallest absolute Gasteiger partial charge is 0.325 e. The highest BCUT2D eigenvalue weighted by atomic mass is 32.5. The first-order chi connectivity index (χ1) is 65.5. The number of halogens is 3. The molecule has 12 bridgehead atoms. The molecule has 12 aliphatic rings. The zero-order valence-electron chi connectivity index (χ0n) is 68.8. The van der Waals surface area contributed by atoms with Crippen LogP contribution in [0.4, 0.5) is 48.5 Å². The Morgan fingerprint density at radius 3 is 0.841 bits per heavy atom. The average Bonchev–Trinajstić information content (AvgIpc) is 1.56. The Morgan fingerprint density at radius 1 is 0.326 bits per heavy atom.